The van der Waals surface area contributed by atoms with Crippen molar-refractivity contribution in [2.24, 2.45) is 0 Å². The van der Waals surface area contributed by atoms with Gasteiger partial charge in [-0.1, -0.05) is 140 Å². The second kappa shape index (κ2) is 11.4. The molecule has 0 N–H and O–H groups in total. The Morgan fingerprint density at radius 1 is 0.431 bits per heavy atom. The quantitative estimate of drug-likeness (QED) is 0.170. The van der Waals surface area contributed by atoms with Crippen LogP contribution in [0.15, 0.2) is 180 Å². The molecular formula is C48H35NOSi. The minimum Gasteiger partial charge on any atom is -0.455 e. The number of hydrogen-bond donors (Lipinski definition) is 0. The van der Waals surface area contributed by atoms with Gasteiger partial charge in [-0.15, -0.1) is 0 Å². The molecule has 0 unspecified atom stereocenters. The SMILES string of the molecule is C[Si]1(C)c2ccc(N(c3ccc(-c4ccc5ccccc5c4)cc3)c3cccc(-c4ccccc4)c3)cc2-c2c1ccc1c2oc2ccccc21. The van der Waals surface area contributed by atoms with E-state index in [1.807, 2.05) is 0 Å². The van der Waals surface area contributed by atoms with E-state index in [4.69, 9.17) is 4.42 Å². The van der Waals surface area contributed by atoms with Crippen molar-refractivity contribution in [2.75, 3.05) is 4.90 Å². The van der Waals surface area contributed by atoms with Gasteiger partial charge in [-0.25, -0.2) is 0 Å². The molecular weight excluding hydrogens is 635 g/mol. The fourth-order valence-electron chi connectivity index (χ4n) is 8.22. The normalized spacial score (nSPS) is 13.1. The number of furan rings is 1. The molecule has 1 aliphatic rings. The molecule has 51 heavy (non-hydrogen) atoms. The van der Waals surface area contributed by atoms with Crippen LogP contribution in [0.1, 0.15) is 0 Å². The van der Waals surface area contributed by atoms with Crippen molar-refractivity contribution in [1.82, 2.24) is 0 Å². The van der Waals surface area contributed by atoms with Gasteiger partial charge in [-0.05, 0) is 97.5 Å². The van der Waals surface area contributed by atoms with E-state index in [1.54, 1.807) is 0 Å². The van der Waals surface area contributed by atoms with Gasteiger partial charge in [0.25, 0.3) is 0 Å². The summed E-state index contributed by atoms with van der Waals surface area (Å²) in [5.41, 5.74) is 12.7. The molecule has 0 saturated carbocycles. The maximum atomic E-state index is 6.67. The van der Waals surface area contributed by atoms with Gasteiger partial charge in [0, 0.05) is 33.4 Å². The van der Waals surface area contributed by atoms with Crippen LogP contribution in [-0.2, 0) is 0 Å². The Kier molecular flexibility index (Phi) is 6.67. The van der Waals surface area contributed by atoms with Crippen molar-refractivity contribution < 1.29 is 4.42 Å². The zero-order chi connectivity index (χ0) is 34.1. The number of fused-ring (bicyclic) bond motifs is 8. The molecule has 10 rings (SSSR count). The molecule has 1 aliphatic heterocycles. The summed E-state index contributed by atoms with van der Waals surface area (Å²) >= 11 is 0. The molecule has 9 aromatic rings. The van der Waals surface area contributed by atoms with Crippen molar-refractivity contribution in [3.63, 3.8) is 0 Å². The summed E-state index contributed by atoms with van der Waals surface area (Å²) < 4.78 is 6.67. The highest BCUT2D eigenvalue weighted by molar-refractivity contribution is 7.04. The van der Waals surface area contributed by atoms with Gasteiger partial charge in [0.15, 0.2) is 0 Å². The Labute approximate surface area is 298 Å². The fourth-order valence-corrected chi connectivity index (χ4v) is 11.3. The summed E-state index contributed by atoms with van der Waals surface area (Å²) in [5, 5.41) is 7.76. The van der Waals surface area contributed by atoms with Crippen LogP contribution >= 0.6 is 0 Å². The van der Waals surface area contributed by atoms with Crippen molar-refractivity contribution in [3.8, 4) is 33.4 Å². The van der Waals surface area contributed by atoms with E-state index < -0.39 is 8.07 Å². The summed E-state index contributed by atoms with van der Waals surface area (Å²) in [6.07, 6.45) is 0. The molecule has 8 aromatic carbocycles. The lowest BCUT2D eigenvalue weighted by Crippen LogP contribution is -2.49. The van der Waals surface area contributed by atoms with E-state index in [0.29, 0.717) is 0 Å². The Morgan fingerprint density at radius 2 is 1.08 bits per heavy atom. The minimum atomic E-state index is -1.96. The first-order valence-corrected chi connectivity index (χ1v) is 20.7. The first-order chi connectivity index (χ1) is 25.0. The van der Waals surface area contributed by atoms with E-state index >= 15 is 0 Å². The lowest BCUT2D eigenvalue weighted by molar-refractivity contribution is 0.670. The minimum absolute atomic E-state index is 0.941. The topological polar surface area (TPSA) is 16.4 Å². The second-order valence-corrected chi connectivity index (χ2v) is 18.5. The van der Waals surface area contributed by atoms with Gasteiger partial charge in [0.2, 0.25) is 0 Å². The average Bonchev–Trinajstić information content (AvgIpc) is 3.67. The zero-order valence-corrected chi connectivity index (χ0v) is 29.6. The second-order valence-electron chi connectivity index (χ2n) is 14.2. The first-order valence-electron chi connectivity index (χ1n) is 17.7. The predicted octanol–water partition coefficient (Wildman–Crippen LogP) is 12.3. The van der Waals surface area contributed by atoms with Gasteiger partial charge in [-0.3, -0.25) is 0 Å². The molecule has 0 saturated heterocycles. The predicted molar refractivity (Wildman–Crippen MR) is 219 cm³/mol. The van der Waals surface area contributed by atoms with Crippen LogP contribution in [0.2, 0.25) is 13.1 Å². The largest absolute Gasteiger partial charge is 0.455 e. The Morgan fingerprint density at radius 3 is 1.94 bits per heavy atom. The average molecular weight is 670 g/mol. The van der Waals surface area contributed by atoms with Crippen molar-refractivity contribution in [2.45, 2.75) is 13.1 Å². The van der Waals surface area contributed by atoms with Gasteiger partial charge >= 0.3 is 0 Å². The van der Waals surface area contributed by atoms with E-state index in [9.17, 15) is 0 Å². The molecule has 2 heterocycles. The maximum Gasteiger partial charge on any atom is 0.143 e. The lowest BCUT2D eigenvalue weighted by atomic mass is 9.99. The smallest absolute Gasteiger partial charge is 0.143 e. The van der Waals surface area contributed by atoms with Crippen LogP contribution in [-0.4, -0.2) is 8.07 Å². The van der Waals surface area contributed by atoms with Gasteiger partial charge in [-0.2, -0.15) is 0 Å². The molecule has 0 aliphatic carbocycles. The van der Waals surface area contributed by atoms with E-state index in [1.165, 1.54) is 65.3 Å². The molecule has 0 atom stereocenters. The van der Waals surface area contributed by atoms with Crippen LogP contribution in [0, 0.1) is 0 Å². The third-order valence-corrected chi connectivity index (χ3v) is 14.4. The molecule has 1 aromatic heterocycles. The summed E-state index contributed by atoms with van der Waals surface area (Å²) in [6.45, 7) is 4.94. The van der Waals surface area contributed by atoms with E-state index in [-0.39, 0.29) is 0 Å². The number of hydrogen-bond acceptors (Lipinski definition) is 2. The number of benzene rings is 8. The van der Waals surface area contributed by atoms with Crippen molar-refractivity contribution in [3.05, 3.63) is 176 Å². The lowest BCUT2D eigenvalue weighted by Gasteiger charge is -2.27. The van der Waals surface area contributed by atoms with Gasteiger partial charge in [0.1, 0.15) is 19.2 Å². The van der Waals surface area contributed by atoms with Crippen LogP contribution in [0.4, 0.5) is 17.1 Å². The monoisotopic (exact) mass is 669 g/mol. The van der Waals surface area contributed by atoms with Gasteiger partial charge < -0.3 is 9.32 Å². The number of anilines is 3. The maximum absolute atomic E-state index is 6.67. The number of nitrogens with zero attached hydrogens (tertiary/aromatic N) is 1. The van der Waals surface area contributed by atoms with E-state index in [0.717, 1.165) is 28.2 Å². The Balaban J connectivity index is 1.15. The molecule has 0 fully saturated rings. The van der Waals surface area contributed by atoms with Gasteiger partial charge in [0.05, 0.1) is 0 Å². The van der Waals surface area contributed by atoms with Crippen molar-refractivity contribution >= 4 is 68.2 Å². The molecule has 0 bridgehead atoms. The van der Waals surface area contributed by atoms with Crippen molar-refractivity contribution in [1.29, 1.82) is 0 Å². The summed E-state index contributed by atoms with van der Waals surface area (Å²) in [7, 11) is -1.96. The van der Waals surface area contributed by atoms with Crippen LogP contribution in [0.3, 0.4) is 0 Å². The molecule has 3 heteroatoms. The third kappa shape index (κ3) is 4.77. The zero-order valence-electron chi connectivity index (χ0n) is 28.6. The highest BCUT2D eigenvalue weighted by Gasteiger charge is 2.40. The molecule has 0 amide bonds. The molecule has 0 radical (unpaired) electrons. The third-order valence-electron chi connectivity index (χ3n) is 10.8. The standard InChI is InChI=1S/C48H35NOSi/c1-51(2)45-27-25-40(31-43(45)47-46(51)28-26-42-41-17-8-9-18-44(41)50-48(42)47)49(39-16-10-15-36(30-39)32-11-4-3-5-12-32)38-23-21-34(22-24-38)37-20-19-33-13-6-7-14-35(33)29-37/h3-31H,1-2H3. The van der Waals surface area contributed by atoms with Crippen LogP contribution < -0.4 is 15.3 Å². The molecule has 2 nitrogen and oxygen atoms in total. The highest BCUT2D eigenvalue weighted by Crippen LogP contribution is 2.43. The number of rotatable bonds is 5. The molecule has 242 valence electrons. The highest BCUT2D eigenvalue weighted by atomic mass is 28.3. The summed E-state index contributed by atoms with van der Waals surface area (Å²) in [6, 6.07) is 64.0. The number of para-hydroxylation sites is 1. The Hall–Kier alpha value is -6.16. The van der Waals surface area contributed by atoms with E-state index in [2.05, 4.69) is 194 Å². The fraction of sp³-hybridized carbons (Fsp3) is 0.0417. The molecule has 0 spiro atoms. The summed E-state index contributed by atoms with van der Waals surface area (Å²) in [5.74, 6) is 0. The van der Waals surface area contributed by atoms with Crippen LogP contribution in [0.25, 0.3) is 66.1 Å². The summed E-state index contributed by atoms with van der Waals surface area (Å²) in [4.78, 5) is 2.40. The van der Waals surface area contributed by atoms with Crippen LogP contribution in [0.5, 0.6) is 0 Å². The first kappa shape index (κ1) is 29.7. The Bertz CT molecular complexity index is 2780.